The van der Waals surface area contributed by atoms with E-state index in [-0.39, 0.29) is 0 Å². The fourth-order valence-electron chi connectivity index (χ4n) is 2.07. The molecule has 4 heteroatoms. The predicted octanol–water partition coefficient (Wildman–Crippen LogP) is 2.03. The van der Waals surface area contributed by atoms with Crippen molar-refractivity contribution in [1.29, 1.82) is 0 Å². The van der Waals surface area contributed by atoms with Gasteiger partial charge in [0.1, 0.15) is 5.82 Å². The van der Waals surface area contributed by atoms with Gasteiger partial charge in [-0.25, -0.2) is 4.98 Å². The van der Waals surface area contributed by atoms with Crippen LogP contribution in [0, 0.1) is 0 Å². The minimum atomic E-state index is 0.569. The molecule has 4 nitrogen and oxygen atoms in total. The molecular weight excluding hydrogens is 236 g/mol. The first kappa shape index (κ1) is 13.7. The van der Waals surface area contributed by atoms with Crippen LogP contribution in [-0.4, -0.2) is 21.3 Å². The van der Waals surface area contributed by atoms with E-state index >= 15 is 0 Å². The molecule has 2 N–H and O–H groups in total. The summed E-state index contributed by atoms with van der Waals surface area (Å²) in [7, 11) is 1.94. The molecule has 0 fully saturated rings. The Kier molecular flexibility index (Phi) is 4.32. The van der Waals surface area contributed by atoms with E-state index in [9.17, 15) is 0 Å². The fourth-order valence-corrected chi connectivity index (χ4v) is 2.07. The van der Waals surface area contributed by atoms with Crippen LogP contribution in [0.15, 0.2) is 24.3 Å². The number of nitrogens with zero attached hydrogens (tertiary/aromatic N) is 3. The van der Waals surface area contributed by atoms with Crippen molar-refractivity contribution in [2.75, 3.05) is 6.54 Å². The molecule has 1 aromatic carbocycles. The van der Waals surface area contributed by atoms with Crippen molar-refractivity contribution >= 4 is 0 Å². The summed E-state index contributed by atoms with van der Waals surface area (Å²) in [6, 6.07) is 8.73. The first-order chi connectivity index (χ1) is 9.10. The standard InChI is InChI=1S/C15H22N4/c1-11(2)13-6-4-12(5-7-13)10-15-17-14(8-9-16)18-19(15)3/h4-7,11H,8-10,16H2,1-3H3. The summed E-state index contributed by atoms with van der Waals surface area (Å²) < 4.78 is 1.85. The SMILES string of the molecule is CC(C)c1ccc(Cc2nc(CCN)nn2C)cc1. The van der Waals surface area contributed by atoms with Gasteiger partial charge in [0.15, 0.2) is 5.82 Å². The number of hydrogen-bond acceptors (Lipinski definition) is 3. The van der Waals surface area contributed by atoms with Crippen LogP contribution in [-0.2, 0) is 19.9 Å². The molecule has 1 heterocycles. The average Bonchev–Trinajstić information content (AvgIpc) is 2.71. The van der Waals surface area contributed by atoms with Gasteiger partial charge in [-0.2, -0.15) is 5.10 Å². The Morgan fingerprint density at radius 3 is 2.47 bits per heavy atom. The van der Waals surface area contributed by atoms with Crippen LogP contribution in [0.1, 0.15) is 42.5 Å². The van der Waals surface area contributed by atoms with Gasteiger partial charge in [-0.05, 0) is 23.6 Å². The van der Waals surface area contributed by atoms with Crippen molar-refractivity contribution in [1.82, 2.24) is 14.8 Å². The minimum Gasteiger partial charge on any atom is -0.330 e. The highest BCUT2D eigenvalue weighted by Gasteiger charge is 2.07. The van der Waals surface area contributed by atoms with E-state index in [1.54, 1.807) is 0 Å². The lowest BCUT2D eigenvalue weighted by Gasteiger charge is -2.06. The fraction of sp³-hybridized carbons (Fsp3) is 0.467. The Bertz CT molecular complexity index is 526. The largest absolute Gasteiger partial charge is 0.330 e. The molecule has 2 aromatic rings. The van der Waals surface area contributed by atoms with Crippen LogP contribution < -0.4 is 5.73 Å². The predicted molar refractivity (Wildman–Crippen MR) is 77.1 cm³/mol. The van der Waals surface area contributed by atoms with Crippen LogP contribution in [0.3, 0.4) is 0 Å². The second kappa shape index (κ2) is 5.97. The number of aromatic nitrogens is 3. The molecule has 19 heavy (non-hydrogen) atoms. The Morgan fingerprint density at radius 1 is 1.21 bits per heavy atom. The van der Waals surface area contributed by atoms with Crippen molar-refractivity contribution in [3.05, 3.63) is 47.0 Å². The normalized spacial score (nSPS) is 11.2. The Hall–Kier alpha value is -1.68. The third kappa shape index (κ3) is 3.41. The number of benzene rings is 1. The van der Waals surface area contributed by atoms with Crippen molar-refractivity contribution in [3.8, 4) is 0 Å². The maximum absolute atomic E-state index is 5.53. The molecule has 0 unspecified atom stereocenters. The van der Waals surface area contributed by atoms with Crippen molar-refractivity contribution < 1.29 is 0 Å². The molecule has 0 saturated carbocycles. The van der Waals surface area contributed by atoms with Crippen LogP contribution in [0.2, 0.25) is 0 Å². The first-order valence-electron chi connectivity index (χ1n) is 6.78. The highest BCUT2D eigenvalue weighted by Crippen LogP contribution is 2.16. The average molecular weight is 258 g/mol. The smallest absolute Gasteiger partial charge is 0.152 e. The molecule has 0 radical (unpaired) electrons. The second-order valence-electron chi connectivity index (χ2n) is 5.18. The van der Waals surface area contributed by atoms with E-state index in [0.717, 1.165) is 24.5 Å². The first-order valence-corrected chi connectivity index (χ1v) is 6.78. The summed E-state index contributed by atoms with van der Waals surface area (Å²) in [6.07, 6.45) is 1.55. The topological polar surface area (TPSA) is 56.7 Å². The maximum atomic E-state index is 5.53. The Balaban J connectivity index is 2.12. The van der Waals surface area contributed by atoms with Gasteiger partial charge in [0.2, 0.25) is 0 Å². The summed E-state index contributed by atoms with van der Waals surface area (Å²) in [5.74, 6) is 2.39. The number of hydrogen-bond donors (Lipinski definition) is 1. The lowest BCUT2D eigenvalue weighted by molar-refractivity contribution is 0.704. The van der Waals surface area contributed by atoms with E-state index in [2.05, 4.69) is 48.2 Å². The van der Waals surface area contributed by atoms with Gasteiger partial charge >= 0.3 is 0 Å². The van der Waals surface area contributed by atoms with Crippen molar-refractivity contribution in [3.63, 3.8) is 0 Å². The van der Waals surface area contributed by atoms with E-state index < -0.39 is 0 Å². The minimum absolute atomic E-state index is 0.569. The van der Waals surface area contributed by atoms with E-state index in [1.807, 2.05) is 11.7 Å². The third-order valence-electron chi connectivity index (χ3n) is 3.27. The lowest BCUT2D eigenvalue weighted by Crippen LogP contribution is -2.04. The van der Waals surface area contributed by atoms with Gasteiger partial charge in [0, 0.05) is 19.9 Å². The molecular formula is C15H22N4. The van der Waals surface area contributed by atoms with Crippen LogP contribution in [0.5, 0.6) is 0 Å². The second-order valence-corrected chi connectivity index (χ2v) is 5.18. The summed E-state index contributed by atoms with van der Waals surface area (Å²) in [5, 5.41) is 4.37. The number of rotatable bonds is 5. The molecule has 0 saturated heterocycles. The zero-order valence-corrected chi connectivity index (χ0v) is 11.9. The Morgan fingerprint density at radius 2 is 1.89 bits per heavy atom. The van der Waals surface area contributed by atoms with Gasteiger partial charge in [-0.1, -0.05) is 38.1 Å². The van der Waals surface area contributed by atoms with Crippen LogP contribution >= 0.6 is 0 Å². The molecule has 1 aromatic heterocycles. The van der Waals surface area contributed by atoms with Gasteiger partial charge in [0.05, 0.1) is 0 Å². The molecule has 2 rings (SSSR count). The van der Waals surface area contributed by atoms with E-state index in [4.69, 9.17) is 5.73 Å². The van der Waals surface area contributed by atoms with Crippen LogP contribution in [0.4, 0.5) is 0 Å². The summed E-state index contributed by atoms with van der Waals surface area (Å²) in [4.78, 5) is 4.52. The zero-order chi connectivity index (χ0) is 13.8. The van der Waals surface area contributed by atoms with E-state index in [0.29, 0.717) is 12.5 Å². The molecule has 0 spiro atoms. The highest BCUT2D eigenvalue weighted by molar-refractivity contribution is 5.26. The highest BCUT2D eigenvalue weighted by atomic mass is 15.3. The van der Waals surface area contributed by atoms with E-state index in [1.165, 1.54) is 11.1 Å². The van der Waals surface area contributed by atoms with Crippen molar-refractivity contribution in [2.45, 2.75) is 32.6 Å². The maximum Gasteiger partial charge on any atom is 0.152 e. The quantitative estimate of drug-likeness (QED) is 0.892. The molecule has 0 amide bonds. The summed E-state index contributed by atoms with van der Waals surface area (Å²) in [5.41, 5.74) is 8.16. The summed E-state index contributed by atoms with van der Waals surface area (Å²) in [6.45, 7) is 5.00. The van der Waals surface area contributed by atoms with Crippen LogP contribution in [0.25, 0.3) is 0 Å². The summed E-state index contributed by atoms with van der Waals surface area (Å²) >= 11 is 0. The zero-order valence-electron chi connectivity index (χ0n) is 11.9. The van der Waals surface area contributed by atoms with Crippen molar-refractivity contribution in [2.24, 2.45) is 12.8 Å². The monoisotopic (exact) mass is 258 g/mol. The number of aryl methyl sites for hydroxylation is 1. The number of nitrogens with two attached hydrogens (primary N) is 1. The van der Waals surface area contributed by atoms with Gasteiger partial charge < -0.3 is 5.73 Å². The van der Waals surface area contributed by atoms with Gasteiger partial charge in [0.25, 0.3) is 0 Å². The third-order valence-corrected chi connectivity index (χ3v) is 3.27. The lowest BCUT2D eigenvalue weighted by atomic mass is 10.0. The molecule has 0 aliphatic rings. The molecule has 0 aliphatic heterocycles. The van der Waals surface area contributed by atoms with Gasteiger partial charge in [-0.15, -0.1) is 0 Å². The molecule has 0 aliphatic carbocycles. The molecule has 102 valence electrons. The van der Waals surface area contributed by atoms with Gasteiger partial charge in [-0.3, -0.25) is 4.68 Å². The molecule has 0 atom stereocenters. The Labute approximate surface area is 114 Å². The molecule has 0 bridgehead atoms.